The van der Waals surface area contributed by atoms with E-state index in [1.165, 1.54) is 6.07 Å². The minimum absolute atomic E-state index is 0.224. The second-order valence-electron chi connectivity index (χ2n) is 3.91. The van der Waals surface area contributed by atoms with Gasteiger partial charge in [0.15, 0.2) is 5.79 Å². The Morgan fingerprint density at radius 2 is 1.94 bits per heavy atom. The maximum atomic E-state index is 13.5. The summed E-state index contributed by atoms with van der Waals surface area (Å²) in [5.74, 6) is -0.949. The van der Waals surface area contributed by atoms with E-state index in [0.29, 0.717) is 38.2 Å². The van der Waals surface area contributed by atoms with E-state index in [1.807, 2.05) is 6.07 Å². The minimum atomic E-state index is -0.725. The Hall–Kier alpha value is -0.970. The predicted octanol–water partition coefficient (Wildman–Crippen LogP) is 1.46. The smallest absolute Gasteiger partial charge is 0.173 e. The van der Waals surface area contributed by atoms with Gasteiger partial charge in [0.1, 0.15) is 5.82 Å². The summed E-state index contributed by atoms with van der Waals surface area (Å²) in [6.45, 7) is 1.57. The molecule has 0 radical (unpaired) electrons. The Morgan fingerprint density at radius 1 is 1.25 bits per heavy atom. The summed E-state index contributed by atoms with van der Waals surface area (Å²) in [5, 5.41) is 0. The van der Waals surface area contributed by atoms with Crippen LogP contribution in [0.15, 0.2) is 24.3 Å². The van der Waals surface area contributed by atoms with Crippen molar-refractivity contribution in [3.05, 3.63) is 35.6 Å². The van der Waals surface area contributed by atoms with Crippen LogP contribution in [0.2, 0.25) is 0 Å². The van der Waals surface area contributed by atoms with Crippen molar-refractivity contribution in [2.45, 2.75) is 18.6 Å². The molecule has 1 fully saturated rings. The van der Waals surface area contributed by atoms with E-state index >= 15 is 0 Å². The topological polar surface area (TPSA) is 44.5 Å². The molecule has 3 nitrogen and oxygen atoms in total. The molecule has 0 aliphatic carbocycles. The molecule has 0 bridgehead atoms. The van der Waals surface area contributed by atoms with E-state index in [9.17, 15) is 4.39 Å². The average molecular weight is 225 g/mol. The van der Waals surface area contributed by atoms with Crippen LogP contribution in [0.1, 0.15) is 12.0 Å². The number of nitrogens with two attached hydrogens (primary N) is 1. The molecule has 1 aliphatic heterocycles. The van der Waals surface area contributed by atoms with Crippen LogP contribution in [0.3, 0.4) is 0 Å². The third kappa shape index (κ3) is 2.40. The second-order valence-corrected chi connectivity index (χ2v) is 3.91. The molecule has 1 aliphatic rings. The van der Waals surface area contributed by atoms with Crippen molar-refractivity contribution in [1.29, 1.82) is 0 Å². The zero-order valence-corrected chi connectivity index (χ0v) is 9.12. The summed E-state index contributed by atoms with van der Waals surface area (Å²) in [4.78, 5) is 0. The largest absolute Gasteiger partial charge is 0.347 e. The standard InChI is InChI=1S/C12H16FNO2/c13-11-4-2-1-3-10(11)9-12(5-6-14)15-7-8-16-12/h1-4H,5-9,14H2. The van der Waals surface area contributed by atoms with E-state index in [-0.39, 0.29) is 5.82 Å². The SMILES string of the molecule is NCCC1(Cc2ccccc2F)OCCO1. The van der Waals surface area contributed by atoms with Gasteiger partial charge in [0.25, 0.3) is 0 Å². The first-order valence-corrected chi connectivity index (χ1v) is 5.47. The van der Waals surface area contributed by atoms with Crippen LogP contribution in [-0.2, 0) is 15.9 Å². The molecule has 0 atom stereocenters. The molecule has 1 aromatic carbocycles. The van der Waals surface area contributed by atoms with E-state index in [4.69, 9.17) is 15.2 Å². The molecule has 2 rings (SSSR count). The monoisotopic (exact) mass is 225 g/mol. The van der Waals surface area contributed by atoms with E-state index in [1.54, 1.807) is 12.1 Å². The predicted molar refractivity (Wildman–Crippen MR) is 58.4 cm³/mol. The number of rotatable bonds is 4. The Bertz CT molecular complexity index is 351. The summed E-state index contributed by atoms with van der Waals surface area (Å²) in [5.41, 5.74) is 6.14. The zero-order chi connectivity index (χ0) is 11.4. The molecule has 16 heavy (non-hydrogen) atoms. The third-order valence-electron chi connectivity index (χ3n) is 2.76. The normalized spacial score (nSPS) is 18.9. The van der Waals surface area contributed by atoms with Crippen LogP contribution in [0.25, 0.3) is 0 Å². The Morgan fingerprint density at radius 3 is 2.56 bits per heavy atom. The van der Waals surface area contributed by atoms with Crippen LogP contribution in [0.4, 0.5) is 4.39 Å². The first kappa shape index (κ1) is 11.5. The van der Waals surface area contributed by atoms with Crippen LogP contribution in [0.5, 0.6) is 0 Å². The summed E-state index contributed by atoms with van der Waals surface area (Å²) in [6, 6.07) is 6.67. The molecule has 1 aromatic rings. The molecule has 1 heterocycles. The molecule has 0 saturated carbocycles. The summed E-state index contributed by atoms with van der Waals surface area (Å²) >= 11 is 0. The first-order chi connectivity index (χ1) is 7.76. The fourth-order valence-electron chi connectivity index (χ4n) is 1.98. The van der Waals surface area contributed by atoms with Gasteiger partial charge in [-0.05, 0) is 18.2 Å². The molecule has 1 saturated heterocycles. The van der Waals surface area contributed by atoms with Crippen molar-refractivity contribution < 1.29 is 13.9 Å². The van der Waals surface area contributed by atoms with E-state index in [2.05, 4.69) is 0 Å². The van der Waals surface area contributed by atoms with Crippen molar-refractivity contribution in [2.75, 3.05) is 19.8 Å². The van der Waals surface area contributed by atoms with Crippen LogP contribution < -0.4 is 5.73 Å². The Kier molecular flexibility index (Phi) is 3.53. The molecule has 0 aromatic heterocycles. The summed E-state index contributed by atoms with van der Waals surface area (Å²) in [6.07, 6.45) is 0.998. The maximum Gasteiger partial charge on any atom is 0.173 e. The van der Waals surface area contributed by atoms with Gasteiger partial charge in [0.2, 0.25) is 0 Å². The van der Waals surface area contributed by atoms with E-state index < -0.39 is 5.79 Å². The van der Waals surface area contributed by atoms with Gasteiger partial charge in [-0.2, -0.15) is 0 Å². The highest BCUT2D eigenvalue weighted by Gasteiger charge is 2.36. The van der Waals surface area contributed by atoms with Crippen LogP contribution >= 0.6 is 0 Å². The number of benzene rings is 1. The van der Waals surface area contributed by atoms with Gasteiger partial charge >= 0.3 is 0 Å². The molecule has 0 spiro atoms. The number of ether oxygens (including phenoxy) is 2. The molecule has 0 amide bonds. The van der Waals surface area contributed by atoms with Gasteiger partial charge < -0.3 is 15.2 Å². The highest BCUT2D eigenvalue weighted by atomic mass is 19.1. The maximum absolute atomic E-state index is 13.5. The van der Waals surface area contributed by atoms with E-state index in [0.717, 1.165) is 0 Å². The van der Waals surface area contributed by atoms with Crippen molar-refractivity contribution in [2.24, 2.45) is 5.73 Å². The minimum Gasteiger partial charge on any atom is -0.347 e. The highest BCUT2D eigenvalue weighted by molar-refractivity contribution is 5.19. The van der Waals surface area contributed by atoms with Crippen molar-refractivity contribution >= 4 is 0 Å². The first-order valence-electron chi connectivity index (χ1n) is 5.47. The average Bonchev–Trinajstić information content (AvgIpc) is 2.71. The number of hydrogen-bond donors (Lipinski definition) is 1. The van der Waals surface area contributed by atoms with Crippen molar-refractivity contribution in [3.8, 4) is 0 Å². The molecule has 2 N–H and O–H groups in total. The molecule has 4 heteroatoms. The fourth-order valence-corrected chi connectivity index (χ4v) is 1.98. The third-order valence-corrected chi connectivity index (χ3v) is 2.76. The van der Waals surface area contributed by atoms with Crippen LogP contribution in [0, 0.1) is 5.82 Å². The fraction of sp³-hybridized carbons (Fsp3) is 0.500. The van der Waals surface area contributed by atoms with Gasteiger partial charge in [-0.25, -0.2) is 4.39 Å². The molecular formula is C12H16FNO2. The zero-order valence-electron chi connectivity index (χ0n) is 9.12. The summed E-state index contributed by atoms with van der Waals surface area (Å²) in [7, 11) is 0. The van der Waals surface area contributed by atoms with Gasteiger partial charge in [0.05, 0.1) is 13.2 Å². The lowest BCUT2D eigenvalue weighted by atomic mass is 10.0. The van der Waals surface area contributed by atoms with Gasteiger partial charge in [0, 0.05) is 12.8 Å². The highest BCUT2D eigenvalue weighted by Crippen LogP contribution is 2.28. The van der Waals surface area contributed by atoms with Gasteiger partial charge in [-0.1, -0.05) is 18.2 Å². The van der Waals surface area contributed by atoms with Crippen molar-refractivity contribution in [3.63, 3.8) is 0 Å². The molecule has 88 valence electrons. The van der Waals surface area contributed by atoms with Gasteiger partial charge in [-0.3, -0.25) is 0 Å². The van der Waals surface area contributed by atoms with Gasteiger partial charge in [-0.15, -0.1) is 0 Å². The number of halogens is 1. The molecular weight excluding hydrogens is 209 g/mol. The quantitative estimate of drug-likeness (QED) is 0.843. The Balaban J connectivity index is 2.14. The van der Waals surface area contributed by atoms with Crippen molar-refractivity contribution in [1.82, 2.24) is 0 Å². The Labute approximate surface area is 94.3 Å². The lowest BCUT2D eigenvalue weighted by Crippen LogP contribution is -2.35. The lowest BCUT2D eigenvalue weighted by molar-refractivity contribution is -0.159. The number of hydrogen-bond acceptors (Lipinski definition) is 3. The second kappa shape index (κ2) is 4.91. The summed E-state index contributed by atoms with van der Waals surface area (Å²) < 4.78 is 24.7. The molecule has 0 unspecified atom stereocenters. The lowest BCUT2D eigenvalue weighted by Gasteiger charge is -2.27. The van der Waals surface area contributed by atoms with Crippen LogP contribution in [-0.4, -0.2) is 25.5 Å².